The van der Waals surface area contributed by atoms with Crippen molar-refractivity contribution in [2.24, 2.45) is 11.5 Å². The van der Waals surface area contributed by atoms with Crippen LogP contribution in [-0.4, -0.2) is 88.2 Å². The monoisotopic (exact) mass is 808 g/mol. The van der Waals surface area contributed by atoms with Gasteiger partial charge in [0, 0.05) is 43.0 Å². The van der Waals surface area contributed by atoms with Crippen molar-refractivity contribution >= 4 is 58.1 Å². The van der Waals surface area contributed by atoms with Gasteiger partial charge in [-0.15, -0.1) is 0 Å². The van der Waals surface area contributed by atoms with Crippen molar-refractivity contribution < 1.29 is 33.8 Å². The predicted octanol–water partition coefficient (Wildman–Crippen LogP) is 3.64. The van der Waals surface area contributed by atoms with Gasteiger partial charge in [0.25, 0.3) is 5.91 Å². The molecule has 0 bridgehead atoms. The van der Waals surface area contributed by atoms with Crippen LogP contribution in [0.25, 0.3) is 22.1 Å². The minimum atomic E-state index is -0.698. The van der Waals surface area contributed by atoms with E-state index in [0.717, 1.165) is 12.2 Å². The summed E-state index contributed by atoms with van der Waals surface area (Å²) in [6.07, 6.45) is 7.21. The Labute approximate surface area is 339 Å². The minimum absolute atomic E-state index is 0.0645. The smallest absolute Gasteiger partial charge is 0.276 e. The van der Waals surface area contributed by atoms with Gasteiger partial charge in [0.2, 0.25) is 30.1 Å². The highest BCUT2D eigenvalue weighted by Crippen LogP contribution is 2.33. The molecule has 0 fully saturated rings. The number of aliphatic hydroxyl groups is 1. The van der Waals surface area contributed by atoms with Gasteiger partial charge in [-0.2, -0.15) is 10.2 Å². The van der Waals surface area contributed by atoms with Crippen LogP contribution in [0.2, 0.25) is 0 Å². The summed E-state index contributed by atoms with van der Waals surface area (Å²) in [6.45, 7) is 11.5. The second-order valence-corrected chi connectivity index (χ2v) is 13.1. The number of nitrogens with two attached hydrogens (primary N) is 2. The minimum Gasteiger partial charge on any atom is -0.494 e. The van der Waals surface area contributed by atoms with E-state index < -0.39 is 17.7 Å². The van der Waals surface area contributed by atoms with Crippen molar-refractivity contribution in [2.45, 2.75) is 60.8 Å². The van der Waals surface area contributed by atoms with Crippen molar-refractivity contribution in [1.82, 2.24) is 38.7 Å². The molecule has 0 saturated carbocycles. The summed E-state index contributed by atoms with van der Waals surface area (Å²) in [5.41, 5.74) is 16.5. The van der Waals surface area contributed by atoms with Crippen molar-refractivity contribution in [3.8, 4) is 11.5 Å². The summed E-state index contributed by atoms with van der Waals surface area (Å²) in [7, 11) is 1.44. The van der Waals surface area contributed by atoms with E-state index in [0.29, 0.717) is 52.2 Å². The Morgan fingerprint density at radius 1 is 0.763 bits per heavy atom. The summed E-state index contributed by atoms with van der Waals surface area (Å²) in [5.74, 6) is -0.859. The molecule has 0 aliphatic carbocycles. The van der Waals surface area contributed by atoms with Crippen LogP contribution in [0.4, 0.5) is 11.9 Å². The molecule has 0 aliphatic heterocycles. The van der Waals surface area contributed by atoms with Gasteiger partial charge >= 0.3 is 0 Å². The quantitative estimate of drug-likeness (QED) is 0.0657. The van der Waals surface area contributed by atoms with Gasteiger partial charge in [-0.1, -0.05) is 18.2 Å². The topological polar surface area (TPSA) is 254 Å². The molecule has 6 rings (SSSR count). The molecule has 0 unspecified atom stereocenters. The van der Waals surface area contributed by atoms with Crippen LogP contribution in [-0.2, 0) is 31.0 Å². The summed E-state index contributed by atoms with van der Waals surface area (Å²) in [6, 6.07) is 9.75. The standard InChI is InChI=1S/C33H36N10O7.C7H12N2/c1-4-43-24(13-19(2)40-43)31(48)39-33-38-23-15-21(30(35)47)17-26(50-12-8-7-11-44)28(23)42(33)10-6-5-9-41-27-22(37-32(41)36-18-45)14-20(29(34)46)16-25(27)49-3;1-4-9-7(3)5-6(2)8-9/h5-8,13-18,44H,4,9-12H2,1-3H3,(H2,34,46)(H2,35,47)(H,36,37,45)(H,38,39,48);5H,4H2,1-3H3/b6-5+,8-7+;. The third-order valence-electron chi connectivity index (χ3n) is 9.00. The van der Waals surface area contributed by atoms with Crippen LogP contribution in [0.3, 0.4) is 0 Å². The number of fused-ring (bicyclic) bond motifs is 2. The van der Waals surface area contributed by atoms with Crippen molar-refractivity contribution in [3.63, 3.8) is 0 Å². The average molecular weight is 809 g/mol. The number of aromatic nitrogens is 8. The molecule has 59 heavy (non-hydrogen) atoms. The summed E-state index contributed by atoms with van der Waals surface area (Å²) in [4.78, 5) is 58.1. The maximum Gasteiger partial charge on any atom is 0.276 e. The number of primary amides is 2. The maximum absolute atomic E-state index is 13.5. The zero-order chi connectivity index (χ0) is 42.8. The number of anilines is 2. The molecule has 4 amide bonds. The number of rotatable bonds is 17. The molecule has 4 aromatic heterocycles. The van der Waals surface area contributed by atoms with E-state index >= 15 is 0 Å². The van der Waals surface area contributed by atoms with E-state index in [1.807, 2.05) is 18.5 Å². The Hall–Kier alpha value is -7.28. The lowest BCUT2D eigenvalue weighted by Gasteiger charge is -2.12. The van der Waals surface area contributed by atoms with Gasteiger partial charge in [0.1, 0.15) is 34.8 Å². The summed E-state index contributed by atoms with van der Waals surface area (Å²) < 4.78 is 18.5. The second-order valence-electron chi connectivity index (χ2n) is 13.1. The Bertz CT molecular complexity index is 2560. The van der Waals surface area contributed by atoms with E-state index in [-0.39, 0.29) is 55.1 Å². The number of hydrogen-bond acceptors (Lipinski definition) is 11. The van der Waals surface area contributed by atoms with Gasteiger partial charge in [-0.25, -0.2) is 9.97 Å². The highest BCUT2D eigenvalue weighted by atomic mass is 16.5. The van der Waals surface area contributed by atoms with Crippen LogP contribution in [0.5, 0.6) is 11.5 Å². The number of aryl methyl sites for hydroxylation is 5. The number of aliphatic hydroxyl groups excluding tert-OH is 1. The first-order valence-corrected chi connectivity index (χ1v) is 18.7. The molecule has 0 aliphatic rings. The van der Waals surface area contributed by atoms with Gasteiger partial charge in [-0.05, 0) is 77.1 Å². The molecule has 0 atom stereocenters. The van der Waals surface area contributed by atoms with Crippen LogP contribution in [0.1, 0.15) is 62.1 Å². The van der Waals surface area contributed by atoms with E-state index in [2.05, 4.69) is 50.7 Å². The van der Waals surface area contributed by atoms with Gasteiger partial charge in [0.15, 0.2) is 0 Å². The Kier molecular flexibility index (Phi) is 14.0. The lowest BCUT2D eigenvalue weighted by atomic mass is 10.1. The summed E-state index contributed by atoms with van der Waals surface area (Å²) in [5, 5.41) is 23.2. The highest BCUT2D eigenvalue weighted by Gasteiger charge is 2.22. The molecule has 0 spiro atoms. The number of ether oxygens (including phenoxy) is 2. The van der Waals surface area contributed by atoms with Crippen LogP contribution in [0.15, 0.2) is 60.7 Å². The number of carbonyl (C=O) groups is 4. The molecule has 4 heterocycles. The average Bonchev–Trinajstić information content (AvgIpc) is 3.96. The zero-order valence-electron chi connectivity index (χ0n) is 33.7. The normalized spacial score (nSPS) is 11.3. The molecule has 310 valence electrons. The number of allylic oxidation sites excluding steroid dienone is 2. The van der Waals surface area contributed by atoms with Crippen LogP contribution < -0.4 is 31.6 Å². The fourth-order valence-electron chi connectivity index (χ4n) is 6.39. The molecular formula is C40H48N12O7. The predicted molar refractivity (Wildman–Crippen MR) is 222 cm³/mol. The zero-order valence-corrected chi connectivity index (χ0v) is 33.7. The lowest BCUT2D eigenvalue weighted by Crippen LogP contribution is -2.20. The Morgan fingerprint density at radius 3 is 1.85 bits per heavy atom. The number of amides is 4. The van der Waals surface area contributed by atoms with Crippen LogP contribution >= 0.6 is 0 Å². The maximum atomic E-state index is 13.5. The molecule has 7 N–H and O–H groups in total. The van der Waals surface area contributed by atoms with E-state index in [1.165, 1.54) is 43.1 Å². The Morgan fingerprint density at radius 2 is 1.32 bits per heavy atom. The first-order valence-electron chi connectivity index (χ1n) is 18.7. The Balaban J connectivity index is 0.000000649. The van der Waals surface area contributed by atoms with Crippen LogP contribution in [0, 0.1) is 20.8 Å². The number of nitrogens with one attached hydrogen (secondary N) is 2. The van der Waals surface area contributed by atoms with Gasteiger partial charge in [-0.3, -0.25) is 39.2 Å². The highest BCUT2D eigenvalue weighted by molar-refractivity contribution is 6.04. The molecule has 19 nitrogen and oxygen atoms in total. The number of benzene rings is 2. The fraction of sp³-hybridized carbons (Fsp3) is 0.300. The van der Waals surface area contributed by atoms with Gasteiger partial charge in [0.05, 0.1) is 36.1 Å². The molecule has 0 saturated heterocycles. The second kappa shape index (κ2) is 19.2. The number of methoxy groups -OCH3 is 1. The largest absolute Gasteiger partial charge is 0.494 e. The number of hydrogen-bond donors (Lipinski definition) is 5. The van der Waals surface area contributed by atoms with Crippen molar-refractivity contribution in [2.75, 3.05) is 31.0 Å². The van der Waals surface area contributed by atoms with Gasteiger partial charge < -0.3 is 35.2 Å². The lowest BCUT2D eigenvalue weighted by molar-refractivity contribution is -0.105. The summed E-state index contributed by atoms with van der Waals surface area (Å²) >= 11 is 0. The molecular weight excluding hydrogens is 761 g/mol. The van der Waals surface area contributed by atoms with E-state index in [1.54, 1.807) is 45.0 Å². The number of imidazole rings is 2. The number of nitrogens with zero attached hydrogens (tertiary/aromatic N) is 8. The molecule has 0 radical (unpaired) electrons. The molecule has 19 heteroatoms. The number of carbonyl (C=O) groups excluding carboxylic acids is 4. The fourth-order valence-corrected chi connectivity index (χ4v) is 6.39. The SMILES string of the molecule is CCn1nc(C)cc1C.CCn1nc(C)cc1C(=O)Nc1nc2cc(C(N)=O)cc(OC/C=C/CO)c2n1C/C=C/Cn1c(NC=O)nc2cc(C(N)=O)cc(OC)c21. The molecule has 2 aromatic carbocycles. The first-order chi connectivity index (χ1) is 28.3. The van der Waals surface area contributed by atoms with E-state index in [4.69, 9.17) is 26.0 Å². The molecule has 6 aromatic rings. The van der Waals surface area contributed by atoms with Crippen molar-refractivity contribution in [3.05, 3.63) is 94.6 Å². The van der Waals surface area contributed by atoms with Crippen molar-refractivity contribution in [1.29, 1.82) is 0 Å². The van der Waals surface area contributed by atoms with E-state index in [9.17, 15) is 19.2 Å². The third kappa shape index (κ3) is 9.82. The third-order valence-corrected chi connectivity index (χ3v) is 9.00. The first kappa shape index (κ1) is 42.9.